The first-order chi connectivity index (χ1) is 7.16. The van der Waals surface area contributed by atoms with Crippen LogP contribution in [0.1, 0.15) is 23.5 Å². The van der Waals surface area contributed by atoms with E-state index in [9.17, 15) is 4.79 Å². The van der Waals surface area contributed by atoms with Crippen LogP contribution < -0.4 is 5.32 Å². The summed E-state index contributed by atoms with van der Waals surface area (Å²) in [7, 11) is 0. The number of aryl methyl sites for hydroxylation is 1. The van der Waals surface area contributed by atoms with Crippen LogP contribution >= 0.6 is 11.3 Å². The zero-order valence-corrected chi connectivity index (χ0v) is 9.38. The Balaban J connectivity index is 1.81. The van der Waals surface area contributed by atoms with Crippen molar-refractivity contribution in [3.05, 3.63) is 16.1 Å². The molecule has 0 radical (unpaired) electrons. The molecule has 1 aliphatic rings. The summed E-state index contributed by atoms with van der Waals surface area (Å²) in [6, 6.07) is 0.131. The van der Waals surface area contributed by atoms with Crippen LogP contribution in [0.2, 0.25) is 0 Å². The molecular formula is C10H14N2O2S. The molecule has 15 heavy (non-hydrogen) atoms. The molecule has 0 spiro atoms. The maximum atomic E-state index is 10.8. The molecule has 5 heteroatoms. The highest BCUT2D eigenvalue weighted by molar-refractivity contribution is 7.09. The summed E-state index contributed by atoms with van der Waals surface area (Å²) in [6.07, 6.45) is 1.76. The standard InChI is InChI=1S/C10H14N2O2S/c1-6-5-15-9(12-6)4-11-8-3-2-7(8)10(13)14/h5,7-8,11H,2-4H2,1H3,(H,13,14). The first-order valence-electron chi connectivity index (χ1n) is 5.04. The van der Waals surface area contributed by atoms with Crippen LogP contribution in [-0.4, -0.2) is 22.1 Å². The lowest BCUT2D eigenvalue weighted by Gasteiger charge is -2.33. The fourth-order valence-electron chi connectivity index (χ4n) is 1.74. The van der Waals surface area contributed by atoms with Crippen LogP contribution in [0.3, 0.4) is 0 Å². The number of hydrogen-bond donors (Lipinski definition) is 2. The Hall–Kier alpha value is -0.940. The van der Waals surface area contributed by atoms with Gasteiger partial charge in [-0.3, -0.25) is 4.79 Å². The predicted octanol–water partition coefficient (Wildman–Crippen LogP) is 1.40. The van der Waals surface area contributed by atoms with Crippen molar-refractivity contribution in [2.45, 2.75) is 32.4 Å². The third-order valence-electron chi connectivity index (χ3n) is 2.77. The molecule has 2 atom stereocenters. The van der Waals surface area contributed by atoms with E-state index in [1.165, 1.54) is 0 Å². The van der Waals surface area contributed by atoms with E-state index in [1.807, 2.05) is 12.3 Å². The molecule has 1 saturated carbocycles. The number of nitrogens with zero attached hydrogens (tertiary/aromatic N) is 1. The van der Waals surface area contributed by atoms with E-state index in [0.717, 1.165) is 23.5 Å². The lowest BCUT2D eigenvalue weighted by Crippen LogP contribution is -2.47. The van der Waals surface area contributed by atoms with E-state index < -0.39 is 5.97 Å². The van der Waals surface area contributed by atoms with Gasteiger partial charge in [0.2, 0.25) is 0 Å². The highest BCUT2D eigenvalue weighted by atomic mass is 32.1. The van der Waals surface area contributed by atoms with Gasteiger partial charge in [-0.05, 0) is 19.8 Å². The van der Waals surface area contributed by atoms with Crippen molar-refractivity contribution in [1.29, 1.82) is 0 Å². The molecule has 1 aromatic rings. The van der Waals surface area contributed by atoms with Crippen molar-refractivity contribution in [3.63, 3.8) is 0 Å². The van der Waals surface area contributed by atoms with Gasteiger partial charge in [0.15, 0.2) is 0 Å². The van der Waals surface area contributed by atoms with Crippen LogP contribution in [0.4, 0.5) is 0 Å². The van der Waals surface area contributed by atoms with Gasteiger partial charge < -0.3 is 10.4 Å². The number of hydrogen-bond acceptors (Lipinski definition) is 4. The van der Waals surface area contributed by atoms with Crippen LogP contribution in [0.15, 0.2) is 5.38 Å². The second-order valence-electron chi connectivity index (χ2n) is 3.89. The molecule has 0 saturated heterocycles. The fraction of sp³-hybridized carbons (Fsp3) is 0.600. The largest absolute Gasteiger partial charge is 0.481 e. The van der Waals surface area contributed by atoms with Crippen molar-refractivity contribution in [1.82, 2.24) is 10.3 Å². The van der Waals surface area contributed by atoms with E-state index >= 15 is 0 Å². The van der Waals surface area contributed by atoms with Crippen molar-refractivity contribution < 1.29 is 9.90 Å². The highest BCUT2D eigenvalue weighted by Gasteiger charge is 2.36. The highest BCUT2D eigenvalue weighted by Crippen LogP contribution is 2.27. The summed E-state index contributed by atoms with van der Waals surface area (Å²) in [4.78, 5) is 15.1. The van der Waals surface area contributed by atoms with Crippen LogP contribution in [0.25, 0.3) is 0 Å². The number of thiazole rings is 1. The van der Waals surface area contributed by atoms with Gasteiger partial charge in [-0.25, -0.2) is 4.98 Å². The van der Waals surface area contributed by atoms with E-state index in [0.29, 0.717) is 6.54 Å². The Morgan fingerprint density at radius 2 is 2.53 bits per heavy atom. The molecule has 2 N–H and O–H groups in total. The first-order valence-corrected chi connectivity index (χ1v) is 5.92. The molecule has 2 unspecified atom stereocenters. The molecule has 82 valence electrons. The number of aromatic nitrogens is 1. The number of carboxylic acid groups (broad SMARTS) is 1. The molecule has 0 bridgehead atoms. The third-order valence-corrected chi connectivity index (χ3v) is 3.74. The summed E-state index contributed by atoms with van der Waals surface area (Å²) in [5, 5.41) is 15.1. The van der Waals surface area contributed by atoms with Crippen LogP contribution in [0, 0.1) is 12.8 Å². The van der Waals surface area contributed by atoms with Crippen molar-refractivity contribution in [3.8, 4) is 0 Å². The SMILES string of the molecule is Cc1csc(CNC2CCC2C(=O)O)n1. The Labute approximate surface area is 92.3 Å². The molecule has 4 nitrogen and oxygen atoms in total. The minimum atomic E-state index is -0.686. The summed E-state index contributed by atoms with van der Waals surface area (Å²) >= 11 is 1.61. The quantitative estimate of drug-likeness (QED) is 0.814. The minimum Gasteiger partial charge on any atom is -0.481 e. The average Bonchev–Trinajstić information content (AvgIpc) is 2.48. The molecule has 1 aromatic heterocycles. The van der Waals surface area contributed by atoms with Gasteiger partial charge in [-0.15, -0.1) is 11.3 Å². The second-order valence-corrected chi connectivity index (χ2v) is 4.83. The topological polar surface area (TPSA) is 62.2 Å². The zero-order valence-electron chi connectivity index (χ0n) is 8.56. The van der Waals surface area contributed by atoms with E-state index in [-0.39, 0.29) is 12.0 Å². The van der Waals surface area contributed by atoms with E-state index in [1.54, 1.807) is 11.3 Å². The van der Waals surface area contributed by atoms with Gasteiger partial charge in [-0.1, -0.05) is 0 Å². The van der Waals surface area contributed by atoms with Crippen molar-refractivity contribution >= 4 is 17.3 Å². The summed E-state index contributed by atoms with van der Waals surface area (Å²) in [6.45, 7) is 2.65. The van der Waals surface area contributed by atoms with Crippen molar-refractivity contribution in [2.75, 3.05) is 0 Å². The van der Waals surface area contributed by atoms with E-state index in [4.69, 9.17) is 5.11 Å². The maximum absolute atomic E-state index is 10.8. The molecule has 0 aliphatic heterocycles. The predicted molar refractivity (Wildman–Crippen MR) is 57.8 cm³/mol. The Kier molecular flexibility index (Phi) is 3.02. The smallest absolute Gasteiger partial charge is 0.308 e. The molecule has 1 aliphatic carbocycles. The molecule has 0 amide bonds. The van der Waals surface area contributed by atoms with Gasteiger partial charge in [-0.2, -0.15) is 0 Å². The average molecular weight is 226 g/mol. The van der Waals surface area contributed by atoms with Gasteiger partial charge in [0.1, 0.15) is 5.01 Å². The number of nitrogens with one attached hydrogen (secondary N) is 1. The first kappa shape index (κ1) is 10.6. The van der Waals surface area contributed by atoms with Crippen LogP contribution in [0.5, 0.6) is 0 Å². The second kappa shape index (κ2) is 4.28. The normalized spacial score (nSPS) is 24.9. The number of rotatable bonds is 4. The Morgan fingerprint density at radius 1 is 1.73 bits per heavy atom. The minimum absolute atomic E-state index is 0.131. The molecule has 2 rings (SSSR count). The summed E-state index contributed by atoms with van der Waals surface area (Å²) < 4.78 is 0. The molecule has 0 aromatic carbocycles. The Morgan fingerprint density at radius 3 is 3.00 bits per heavy atom. The fourth-order valence-corrected chi connectivity index (χ4v) is 2.46. The number of aliphatic carboxylic acids is 1. The Bertz CT molecular complexity index is 364. The number of carbonyl (C=O) groups is 1. The van der Waals surface area contributed by atoms with E-state index in [2.05, 4.69) is 10.3 Å². The van der Waals surface area contributed by atoms with Gasteiger partial charge in [0.25, 0.3) is 0 Å². The van der Waals surface area contributed by atoms with Gasteiger partial charge in [0.05, 0.1) is 5.92 Å². The molecule has 1 fully saturated rings. The molecular weight excluding hydrogens is 212 g/mol. The summed E-state index contributed by atoms with van der Waals surface area (Å²) in [5.41, 5.74) is 1.03. The maximum Gasteiger partial charge on any atom is 0.308 e. The monoisotopic (exact) mass is 226 g/mol. The lowest BCUT2D eigenvalue weighted by atomic mass is 9.79. The van der Waals surface area contributed by atoms with Crippen LogP contribution in [-0.2, 0) is 11.3 Å². The van der Waals surface area contributed by atoms with Gasteiger partial charge in [0, 0.05) is 23.7 Å². The zero-order chi connectivity index (χ0) is 10.8. The molecule has 1 heterocycles. The lowest BCUT2D eigenvalue weighted by molar-refractivity contribution is -0.146. The van der Waals surface area contributed by atoms with Crippen molar-refractivity contribution in [2.24, 2.45) is 5.92 Å². The third kappa shape index (κ3) is 2.35. The summed E-state index contributed by atoms with van der Waals surface area (Å²) in [5.74, 6) is -0.889. The number of carboxylic acids is 1. The van der Waals surface area contributed by atoms with Gasteiger partial charge >= 0.3 is 5.97 Å².